The Morgan fingerprint density at radius 1 is 1.07 bits per heavy atom. The molecule has 2 aromatic heterocycles. The number of aryl methyl sites for hydroxylation is 1. The SMILES string of the molecule is Cc1nc(C(=O)N2CCCCCC2c2ccncc2)nn1-c1ccc(Cl)cc1. The van der Waals surface area contributed by atoms with E-state index in [2.05, 4.69) is 15.1 Å². The smallest absolute Gasteiger partial charge is 0.294 e. The highest BCUT2D eigenvalue weighted by molar-refractivity contribution is 6.30. The van der Waals surface area contributed by atoms with E-state index in [0.717, 1.165) is 36.9 Å². The Morgan fingerprint density at radius 2 is 1.82 bits per heavy atom. The number of pyridine rings is 1. The Hall–Kier alpha value is -2.73. The minimum Gasteiger partial charge on any atom is -0.329 e. The van der Waals surface area contributed by atoms with Crippen molar-refractivity contribution in [2.75, 3.05) is 6.54 Å². The van der Waals surface area contributed by atoms with Crippen molar-refractivity contribution in [3.8, 4) is 5.69 Å². The third-order valence-corrected chi connectivity index (χ3v) is 5.39. The number of halogens is 1. The van der Waals surface area contributed by atoms with Crippen molar-refractivity contribution in [2.45, 2.75) is 38.6 Å². The number of aromatic nitrogens is 4. The molecule has 0 spiro atoms. The summed E-state index contributed by atoms with van der Waals surface area (Å²) in [5, 5.41) is 5.16. The lowest BCUT2D eigenvalue weighted by Gasteiger charge is -2.29. The van der Waals surface area contributed by atoms with E-state index < -0.39 is 0 Å². The molecular weight excluding hydrogens is 374 g/mol. The van der Waals surface area contributed by atoms with E-state index >= 15 is 0 Å². The molecule has 1 amide bonds. The maximum absolute atomic E-state index is 13.3. The van der Waals surface area contributed by atoms with E-state index in [9.17, 15) is 4.79 Å². The van der Waals surface area contributed by atoms with Crippen molar-refractivity contribution in [3.63, 3.8) is 0 Å². The number of hydrogen-bond donors (Lipinski definition) is 0. The number of hydrogen-bond acceptors (Lipinski definition) is 4. The zero-order valence-corrected chi connectivity index (χ0v) is 16.5. The summed E-state index contributed by atoms with van der Waals surface area (Å²) in [5.41, 5.74) is 1.94. The third kappa shape index (κ3) is 3.78. The van der Waals surface area contributed by atoms with Gasteiger partial charge in [0.05, 0.1) is 11.7 Å². The Bertz CT molecular complexity index is 955. The minimum absolute atomic E-state index is 0.0285. The number of carbonyl (C=O) groups is 1. The molecule has 1 aliphatic heterocycles. The summed E-state index contributed by atoms with van der Waals surface area (Å²) < 4.78 is 1.68. The van der Waals surface area contributed by atoms with Gasteiger partial charge in [-0.05, 0) is 61.7 Å². The summed E-state index contributed by atoms with van der Waals surface area (Å²) >= 11 is 5.98. The summed E-state index contributed by atoms with van der Waals surface area (Å²) in [6, 6.07) is 11.3. The second-order valence-corrected chi connectivity index (χ2v) is 7.45. The average molecular weight is 396 g/mol. The number of amides is 1. The highest BCUT2D eigenvalue weighted by atomic mass is 35.5. The topological polar surface area (TPSA) is 63.9 Å². The zero-order chi connectivity index (χ0) is 19.5. The van der Waals surface area contributed by atoms with Crippen LogP contribution in [0.5, 0.6) is 0 Å². The summed E-state index contributed by atoms with van der Waals surface area (Å²) in [6.45, 7) is 2.56. The van der Waals surface area contributed by atoms with Gasteiger partial charge in [0.2, 0.25) is 5.82 Å². The molecule has 1 atom stereocenters. The van der Waals surface area contributed by atoms with Crippen LogP contribution in [-0.2, 0) is 0 Å². The fourth-order valence-corrected chi connectivity index (χ4v) is 3.85. The molecule has 6 nitrogen and oxygen atoms in total. The van der Waals surface area contributed by atoms with Gasteiger partial charge in [0.25, 0.3) is 5.91 Å². The molecule has 0 aliphatic carbocycles. The Labute approximate surface area is 169 Å². The van der Waals surface area contributed by atoms with Crippen molar-refractivity contribution in [1.29, 1.82) is 0 Å². The molecule has 0 N–H and O–H groups in total. The zero-order valence-electron chi connectivity index (χ0n) is 15.8. The van der Waals surface area contributed by atoms with E-state index in [1.165, 1.54) is 0 Å². The van der Waals surface area contributed by atoms with Gasteiger partial charge in [-0.25, -0.2) is 9.67 Å². The van der Waals surface area contributed by atoms with E-state index in [1.807, 2.05) is 36.1 Å². The molecule has 1 unspecified atom stereocenters. The molecule has 28 heavy (non-hydrogen) atoms. The fourth-order valence-electron chi connectivity index (χ4n) is 3.72. The lowest BCUT2D eigenvalue weighted by molar-refractivity contribution is 0.0668. The van der Waals surface area contributed by atoms with Crippen molar-refractivity contribution < 1.29 is 4.79 Å². The van der Waals surface area contributed by atoms with Crippen LogP contribution in [0.15, 0.2) is 48.8 Å². The van der Waals surface area contributed by atoms with Crippen molar-refractivity contribution in [3.05, 3.63) is 71.0 Å². The highest BCUT2D eigenvalue weighted by Crippen LogP contribution is 2.30. The monoisotopic (exact) mass is 395 g/mol. The van der Waals surface area contributed by atoms with E-state index in [1.54, 1.807) is 29.2 Å². The van der Waals surface area contributed by atoms with Gasteiger partial charge in [0.1, 0.15) is 5.82 Å². The first-order chi connectivity index (χ1) is 13.6. The molecule has 1 fully saturated rings. The minimum atomic E-state index is -0.125. The first kappa shape index (κ1) is 18.6. The fraction of sp³-hybridized carbons (Fsp3) is 0.333. The molecule has 0 radical (unpaired) electrons. The van der Waals surface area contributed by atoms with Crippen LogP contribution in [0.25, 0.3) is 5.69 Å². The summed E-state index contributed by atoms with van der Waals surface area (Å²) in [7, 11) is 0. The molecule has 0 bridgehead atoms. The van der Waals surface area contributed by atoms with Crippen LogP contribution in [0, 0.1) is 6.92 Å². The van der Waals surface area contributed by atoms with Crippen LogP contribution >= 0.6 is 11.6 Å². The number of likely N-dealkylation sites (tertiary alicyclic amines) is 1. The lowest BCUT2D eigenvalue weighted by atomic mass is 10.0. The molecule has 4 rings (SSSR count). The van der Waals surface area contributed by atoms with Gasteiger partial charge in [0, 0.05) is 24.0 Å². The van der Waals surface area contributed by atoms with Gasteiger partial charge < -0.3 is 4.90 Å². The van der Waals surface area contributed by atoms with Crippen LogP contribution in [0.1, 0.15) is 53.7 Å². The average Bonchev–Trinajstić information content (AvgIpc) is 2.95. The standard InChI is InChI=1S/C21H22ClN5O/c1-15-24-20(25-27(15)18-8-6-17(22)7-9-18)21(28)26-14-4-2-3-5-19(26)16-10-12-23-13-11-16/h6-13,19H,2-5,14H2,1H3. The molecule has 144 valence electrons. The van der Waals surface area contributed by atoms with Gasteiger partial charge in [0.15, 0.2) is 0 Å². The Kier molecular flexibility index (Phi) is 5.39. The van der Waals surface area contributed by atoms with Gasteiger partial charge in [-0.15, -0.1) is 5.10 Å². The first-order valence-corrected chi connectivity index (χ1v) is 9.92. The predicted molar refractivity (Wildman–Crippen MR) is 108 cm³/mol. The number of carbonyl (C=O) groups excluding carboxylic acids is 1. The van der Waals surface area contributed by atoms with Gasteiger partial charge in [-0.1, -0.05) is 24.4 Å². The molecule has 3 aromatic rings. The second kappa shape index (κ2) is 8.10. The second-order valence-electron chi connectivity index (χ2n) is 7.02. The maximum atomic E-state index is 13.3. The molecular formula is C21H22ClN5O. The molecule has 7 heteroatoms. The molecule has 1 aliphatic rings. The van der Waals surface area contributed by atoms with Gasteiger partial charge in [-0.2, -0.15) is 0 Å². The van der Waals surface area contributed by atoms with E-state index in [4.69, 9.17) is 11.6 Å². The lowest BCUT2D eigenvalue weighted by Crippen LogP contribution is -2.35. The summed E-state index contributed by atoms with van der Waals surface area (Å²) in [5.74, 6) is 0.772. The van der Waals surface area contributed by atoms with Crippen LogP contribution < -0.4 is 0 Å². The van der Waals surface area contributed by atoms with Gasteiger partial charge >= 0.3 is 0 Å². The molecule has 1 saturated heterocycles. The van der Waals surface area contributed by atoms with E-state index in [-0.39, 0.29) is 17.8 Å². The van der Waals surface area contributed by atoms with Crippen LogP contribution in [0.4, 0.5) is 0 Å². The number of nitrogens with zero attached hydrogens (tertiary/aromatic N) is 5. The first-order valence-electron chi connectivity index (χ1n) is 9.54. The van der Waals surface area contributed by atoms with Gasteiger partial charge in [-0.3, -0.25) is 9.78 Å². The number of benzene rings is 1. The van der Waals surface area contributed by atoms with Crippen molar-refractivity contribution in [2.24, 2.45) is 0 Å². The van der Waals surface area contributed by atoms with Crippen LogP contribution in [-0.4, -0.2) is 37.1 Å². The predicted octanol–water partition coefficient (Wildman–Crippen LogP) is 4.38. The quantitative estimate of drug-likeness (QED) is 0.660. The van der Waals surface area contributed by atoms with Crippen LogP contribution in [0.3, 0.4) is 0 Å². The largest absolute Gasteiger partial charge is 0.329 e. The molecule has 0 saturated carbocycles. The third-order valence-electron chi connectivity index (χ3n) is 5.14. The van der Waals surface area contributed by atoms with Crippen LogP contribution in [0.2, 0.25) is 5.02 Å². The normalized spacial score (nSPS) is 17.4. The summed E-state index contributed by atoms with van der Waals surface area (Å²) in [4.78, 5) is 23.8. The molecule has 1 aromatic carbocycles. The Balaban J connectivity index is 1.65. The summed E-state index contributed by atoms with van der Waals surface area (Å²) in [6.07, 6.45) is 7.71. The maximum Gasteiger partial charge on any atom is 0.294 e. The van der Waals surface area contributed by atoms with Crippen molar-refractivity contribution >= 4 is 17.5 Å². The Morgan fingerprint density at radius 3 is 2.57 bits per heavy atom. The van der Waals surface area contributed by atoms with Crippen molar-refractivity contribution in [1.82, 2.24) is 24.6 Å². The highest BCUT2D eigenvalue weighted by Gasteiger charge is 2.30. The number of rotatable bonds is 3. The van der Waals surface area contributed by atoms with E-state index in [0.29, 0.717) is 17.4 Å². The molecule has 3 heterocycles.